The molecule has 8 nitrogen and oxygen atoms in total. The maximum Gasteiger partial charge on any atom is 0.342 e. The first-order valence-electron chi connectivity index (χ1n) is 13.6. The first-order valence-corrected chi connectivity index (χ1v) is 13.6. The molecule has 1 aromatic rings. The molecule has 0 spiro atoms. The molecule has 36 heavy (non-hydrogen) atoms. The van der Waals surface area contributed by atoms with Crippen LogP contribution in [0, 0.1) is 0 Å². The third-order valence-corrected chi connectivity index (χ3v) is 7.82. The number of carbonyl (C=O) groups is 3. The van der Waals surface area contributed by atoms with Crippen molar-refractivity contribution < 1.29 is 28.6 Å². The van der Waals surface area contributed by atoms with E-state index < -0.39 is 0 Å². The Bertz CT molecular complexity index is 924. The molecule has 1 aromatic carbocycles. The van der Waals surface area contributed by atoms with E-state index in [-0.39, 0.29) is 29.9 Å². The fraction of sp³-hybridized carbons (Fsp3) is 0.679. The van der Waals surface area contributed by atoms with Crippen molar-refractivity contribution in [1.82, 2.24) is 9.80 Å². The van der Waals surface area contributed by atoms with Crippen LogP contribution >= 0.6 is 0 Å². The minimum Gasteiger partial charge on any atom is -0.497 e. The van der Waals surface area contributed by atoms with E-state index in [2.05, 4.69) is 4.90 Å². The van der Waals surface area contributed by atoms with E-state index in [1.54, 1.807) is 25.2 Å². The summed E-state index contributed by atoms with van der Waals surface area (Å²) in [7, 11) is 3.16. The first kappa shape index (κ1) is 26.5. The Labute approximate surface area is 214 Å². The number of cyclic esters (lactones) is 1. The van der Waals surface area contributed by atoms with Crippen molar-refractivity contribution in [2.24, 2.45) is 0 Å². The molecule has 2 fully saturated rings. The second-order valence-electron chi connectivity index (χ2n) is 10.2. The minimum absolute atomic E-state index is 0.0213. The lowest BCUT2D eigenvalue weighted by Gasteiger charge is -2.35. The summed E-state index contributed by atoms with van der Waals surface area (Å²) in [5.41, 5.74) is 1.41. The molecule has 2 saturated heterocycles. The predicted octanol–water partition coefficient (Wildman–Crippen LogP) is 4.65. The number of benzene rings is 1. The SMILES string of the molecule is COc1cc(OC)c2c(c1)[C@@H](CCCCCCCCCN1CCC(N3C(=O)CCC3=O)CC1)OC2=O. The average Bonchev–Trinajstić information content (AvgIpc) is 3.40. The Morgan fingerprint density at radius 1 is 0.861 bits per heavy atom. The highest BCUT2D eigenvalue weighted by molar-refractivity contribution is 6.02. The van der Waals surface area contributed by atoms with Crippen molar-refractivity contribution in [1.29, 1.82) is 0 Å². The zero-order valence-electron chi connectivity index (χ0n) is 21.8. The Morgan fingerprint density at radius 3 is 2.14 bits per heavy atom. The van der Waals surface area contributed by atoms with Crippen molar-refractivity contribution in [2.75, 3.05) is 33.9 Å². The van der Waals surface area contributed by atoms with Crippen molar-refractivity contribution in [3.05, 3.63) is 23.3 Å². The number of carbonyl (C=O) groups excluding carboxylic acids is 3. The van der Waals surface area contributed by atoms with Crippen LogP contribution in [0.5, 0.6) is 11.5 Å². The largest absolute Gasteiger partial charge is 0.497 e. The van der Waals surface area contributed by atoms with Gasteiger partial charge < -0.3 is 19.1 Å². The highest BCUT2D eigenvalue weighted by atomic mass is 16.6. The number of ether oxygens (including phenoxy) is 3. The Kier molecular flexibility index (Phi) is 9.24. The van der Waals surface area contributed by atoms with Gasteiger partial charge in [0.1, 0.15) is 23.2 Å². The minimum atomic E-state index is -0.309. The molecule has 3 heterocycles. The van der Waals surface area contributed by atoms with Crippen LogP contribution in [0.25, 0.3) is 0 Å². The molecular formula is C28H40N2O6. The summed E-state index contributed by atoms with van der Waals surface area (Å²) in [5.74, 6) is 0.922. The van der Waals surface area contributed by atoms with Gasteiger partial charge in [-0.05, 0) is 44.7 Å². The Morgan fingerprint density at radius 2 is 1.50 bits per heavy atom. The van der Waals surface area contributed by atoms with E-state index in [1.165, 1.54) is 32.1 Å². The van der Waals surface area contributed by atoms with Crippen LogP contribution in [0.2, 0.25) is 0 Å². The van der Waals surface area contributed by atoms with Gasteiger partial charge in [0.2, 0.25) is 11.8 Å². The van der Waals surface area contributed by atoms with Crippen molar-refractivity contribution in [3.8, 4) is 11.5 Å². The van der Waals surface area contributed by atoms with Crippen molar-refractivity contribution in [3.63, 3.8) is 0 Å². The number of amides is 2. The van der Waals surface area contributed by atoms with E-state index in [0.29, 0.717) is 29.9 Å². The van der Waals surface area contributed by atoms with Crippen LogP contribution in [0.3, 0.4) is 0 Å². The molecular weight excluding hydrogens is 460 g/mol. The summed E-state index contributed by atoms with van der Waals surface area (Å²) in [6, 6.07) is 3.74. The van der Waals surface area contributed by atoms with E-state index >= 15 is 0 Å². The topological polar surface area (TPSA) is 85.4 Å². The molecule has 4 rings (SSSR count). The number of nitrogens with zero attached hydrogens (tertiary/aromatic N) is 2. The van der Waals surface area contributed by atoms with E-state index in [4.69, 9.17) is 14.2 Å². The number of methoxy groups -OCH3 is 2. The van der Waals surface area contributed by atoms with Gasteiger partial charge in [-0.2, -0.15) is 0 Å². The molecule has 0 radical (unpaired) electrons. The Hall–Kier alpha value is -2.61. The zero-order valence-corrected chi connectivity index (χ0v) is 21.8. The molecule has 0 aromatic heterocycles. The first-order chi connectivity index (χ1) is 17.5. The number of unbranched alkanes of at least 4 members (excludes halogenated alkanes) is 6. The molecule has 3 aliphatic heterocycles. The third kappa shape index (κ3) is 6.20. The lowest BCUT2D eigenvalue weighted by Crippen LogP contribution is -2.47. The number of hydrogen-bond donors (Lipinski definition) is 0. The average molecular weight is 501 g/mol. The summed E-state index contributed by atoms with van der Waals surface area (Å²) < 4.78 is 16.3. The zero-order chi connectivity index (χ0) is 25.5. The van der Waals surface area contributed by atoms with Gasteiger partial charge in [0, 0.05) is 43.6 Å². The summed E-state index contributed by atoms with van der Waals surface area (Å²) in [6.07, 6.45) is 11.5. The molecule has 3 aliphatic rings. The van der Waals surface area contributed by atoms with Crippen molar-refractivity contribution in [2.45, 2.75) is 89.2 Å². The molecule has 0 unspecified atom stereocenters. The van der Waals surface area contributed by atoms with Gasteiger partial charge in [0.15, 0.2) is 0 Å². The number of piperidine rings is 1. The number of esters is 1. The number of hydrogen-bond acceptors (Lipinski definition) is 7. The molecule has 0 saturated carbocycles. The van der Waals surface area contributed by atoms with Gasteiger partial charge >= 0.3 is 5.97 Å². The second-order valence-corrected chi connectivity index (χ2v) is 10.2. The van der Waals surface area contributed by atoms with Gasteiger partial charge in [-0.3, -0.25) is 14.5 Å². The lowest BCUT2D eigenvalue weighted by atomic mass is 9.98. The van der Waals surface area contributed by atoms with Crippen LogP contribution in [0.1, 0.15) is 99.1 Å². The third-order valence-electron chi connectivity index (χ3n) is 7.82. The summed E-state index contributed by atoms with van der Waals surface area (Å²) in [4.78, 5) is 40.2. The fourth-order valence-corrected chi connectivity index (χ4v) is 5.78. The summed E-state index contributed by atoms with van der Waals surface area (Å²) >= 11 is 0. The monoisotopic (exact) mass is 500 g/mol. The van der Waals surface area contributed by atoms with Gasteiger partial charge in [-0.25, -0.2) is 4.79 Å². The smallest absolute Gasteiger partial charge is 0.342 e. The van der Waals surface area contributed by atoms with Crippen LogP contribution in [0.15, 0.2) is 12.1 Å². The predicted molar refractivity (Wildman–Crippen MR) is 135 cm³/mol. The van der Waals surface area contributed by atoms with Crippen molar-refractivity contribution >= 4 is 17.8 Å². The molecule has 0 aliphatic carbocycles. The second kappa shape index (κ2) is 12.6. The molecule has 0 N–H and O–H groups in total. The van der Waals surface area contributed by atoms with Crippen LogP contribution in [-0.2, 0) is 14.3 Å². The lowest BCUT2D eigenvalue weighted by molar-refractivity contribution is -0.142. The van der Waals surface area contributed by atoms with Gasteiger partial charge in [0.25, 0.3) is 0 Å². The summed E-state index contributed by atoms with van der Waals surface area (Å²) in [6.45, 7) is 3.07. The quantitative estimate of drug-likeness (QED) is 0.221. The Balaban J connectivity index is 1.05. The molecule has 8 heteroatoms. The van der Waals surface area contributed by atoms with Gasteiger partial charge in [-0.1, -0.05) is 32.1 Å². The molecule has 2 amide bonds. The standard InChI is InChI=1S/C28H40N2O6/c1-34-21-18-22-23(36-28(33)27(22)24(19-21)35-2)10-8-6-4-3-5-7-9-15-29-16-13-20(14-17-29)30-25(31)11-12-26(30)32/h18-20,23H,3-17H2,1-2H3/t23-/m1/s1. The molecule has 0 bridgehead atoms. The van der Waals surface area contributed by atoms with E-state index in [9.17, 15) is 14.4 Å². The number of likely N-dealkylation sites (tertiary alicyclic amines) is 2. The molecule has 198 valence electrons. The summed E-state index contributed by atoms with van der Waals surface area (Å²) in [5, 5.41) is 0. The maximum atomic E-state index is 12.3. The normalized spacial score (nSPS) is 20.7. The fourth-order valence-electron chi connectivity index (χ4n) is 5.78. The highest BCUT2D eigenvalue weighted by Crippen LogP contribution is 2.41. The molecule has 1 atom stereocenters. The highest BCUT2D eigenvalue weighted by Gasteiger charge is 2.36. The van der Waals surface area contributed by atoms with Gasteiger partial charge in [0.05, 0.1) is 14.2 Å². The van der Waals surface area contributed by atoms with E-state index in [0.717, 1.165) is 57.3 Å². The maximum absolute atomic E-state index is 12.3. The van der Waals surface area contributed by atoms with Crippen LogP contribution < -0.4 is 9.47 Å². The number of imide groups is 1. The van der Waals surface area contributed by atoms with Crippen LogP contribution in [-0.4, -0.2) is 67.5 Å². The van der Waals surface area contributed by atoms with Crippen LogP contribution in [0.4, 0.5) is 0 Å². The van der Waals surface area contributed by atoms with Gasteiger partial charge in [-0.15, -0.1) is 0 Å². The number of fused-ring (bicyclic) bond motifs is 1. The van der Waals surface area contributed by atoms with E-state index in [1.807, 2.05) is 6.07 Å². The number of rotatable bonds is 13.